The van der Waals surface area contributed by atoms with Crippen LogP contribution >= 0.6 is 0 Å². The maximum Gasteiger partial charge on any atom is 0.263 e. The van der Waals surface area contributed by atoms with Crippen LogP contribution < -0.4 is 4.72 Å². The van der Waals surface area contributed by atoms with Crippen LogP contribution in [-0.4, -0.2) is 18.6 Å². The highest BCUT2D eigenvalue weighted by molar-refractivity contribution is 7.92. The Morgan fingerprint density at radius 1 is 1.12 bits per heavy atom. The molecule has 0 atom stereocenters. The molecular weight excluding hydrogens is 338 g/mol. The number of hydrogen-bond donors (Lipinski definition) is 2. The molecule has 132 valence electrons. The van der Waals surface area contributed by atoms with E-state index in [1.165, 1.54) is 12.1 Å². The zero-order valence-corrected chi connectivity index (χ0v) is 15.4. The van der Waals surface area contributed by atoms with Crippen molar-refractivity contribution in [3.63, 3.8) is 0 Å². The van der Waals surface area contributed by atoms with Crippen LogP contribution in [-0.2, 0) is 15.4 Å². The lowest BCUT2D eigenvalue weighted by Crippen LogP contribution is -2.12. The van der Waals surface area contributed by atoms with E-state index in [1.807, 2.05) is 13.0 Å². The smallest absolute Gasteiger partial charge is 0.263 e. The number of sulfonamides is 1. The molecule has 3 rings (SSSR count). The summed E-state index contributed by atoms with van der Waals surface area (Å²) in [6.07, 6.45) is 0. The molecule has 0 saturated carbocycles. The van der Waals surface area contributed by atoms with Crippen molar-refractivity contribution in [2.24, 2.45) is 0 Å². The summed E-state index contributed by atoms with van der Waals surface area (Å²) in [6, 6.07) is 11.8. The highest BCUT2D eigenvalue weighted by Gasteiger charge is 2.22. The van der Waals surface area contributed by atoms with Gasteiger partial charge in [-0.3, -0.25) is 9.82 Å². The van der Waals surface area contributed by atoms with E-state index in [0.29, 0.717) is 5.69 Å². The number of aromatic nitrogens is 2. The van der Waals surface area contributed by atoms with Gasteiger partial charge in [-0.15, -0.1) is 0 Å². The molecule has 0 spiro atoms. The number of furan rings is 1. The number of aryl methyl sites for hydroxylation is 1. The van der Waals surface area contributed by atoms with E-state index in [0.717, 1.165) is 17.1 Å². The predicted octanol–water partition coefficient (Wildman–Crippen LogP) is 4.08. The number of H-pyrrole nitrogens is 1. The number of aromatic amines is 1. The first-order chi connectivity index (χ1) is 11.7. The summed E-state index contributed by atoms with van der Waals surface area (Å²) in [5.74, 6) is 1.85. The topological polar surface area (TPSA) is 88.0 Å². The van der Waals surface area contributed by atoms with Crippen LogP contribution in [0.3, 0.4) is 0 Å². The van der Waals surface area contributed by atoms with Gasteiger partial charge in [-0.2, -0.15) is 5.10 Å². The number of nitrogens with one attached hydrogen (secondary N) is 2. The second-order valence-corrected chi connectivity index (χ2v) is 8.60. The SMILES string of the molecule is Cc1oc(C(C)(C)C)cc1-c1cc(NS(=O)(=O)c2ccccc2)n[nH]1. The van der Waals surface area contributed by atoms with Gasteiger partial charge in [0, 0.05) is 17.0 Å². The zero-order valence-electron chi connectivity index (χ0n) is 14.6. The summed E-state index contributed by atoms with van der Waals surface area (Å²) >= 11 is 0. The quantitative estimate of drug-likeness (QED) is 0.735. The van der Waals surface area contributed by atoms with Gasteiger partial charge in [0.05, 0.1) is 10.6 Å². The largest absolute Gasteiger partial charge is 0.465 e. The van der Waals surface area contributed by atoms with Gasteiger partial charge in [-0.25, -0.2) is 8.42 Å². The van der Waals surface area contributed by atoms with Crippen LogP contribution in [0.15, 0.2) is 51.8 Å². The average Bonchev–Trinajstić information content (AvgIpc) is 3.14. The first kappa shape index (κ1) is 17.3. The van der Waals surface area contributed by atoms with Gasteiger partial charge < -0.3 is 4.42 Å². The lowest BCUT2D eigenvalue weighted by Gasteiger charge is -2.13. The monoisotopic (exact) mass is 359 g/mol. The molecular formula is C18H21N3O3S. The molecule has 0 bridgehead atoms. The Hall–Kier alpha value is -2.54. The molecule has 0 aliphatic carbocycles. The van der Waals surface area contributed by atoms with Crippen LogP contribution in [0.4, 0.5) is 5.82 Å². The summed E-state index contributed by atoms with van der Waals surface area (Å²) in [7, 11) is -3.67. The Bertz CT molecular complexity index is 980. The number of nitrogens with zero attached hydrogens (tertiary/aromatic N) is 1. The maximum atomic E-state index is 12.4. The normalized spacial score (nSPS) is 12.3. The van der Waals surface area contributed by atoms with Crippen molar-refractivity contribution in [1.82, 2.24) is 10.2 Å². The van der Waals surface area contributed by atoms with Crippen LogP contribution in [0.2, 0.25) is 0 Å². The summed E-state index contributed by atoms with van der Waals surface area (Å²) in [6.45, 7) is 8.09. The van der Waals surface area contributed by atoms with E-state index >= 15 is 0 Å². The fraction of sp³-hybridized carbons (Fsp3) is 0.278. The molecule has 25 heavy (non-hydrogen) atoms. The van der Waals surface area contributed by atoms with Gasteiger partial charge in [0.25, 0.3) is 10.0 Å². The number of anilines is 1. The van der Waals surface area contributed by atoms with Gasteiger partial charge >= 0.3 is 0 Å². The third-order valence-electron chi connectivity index (χ3n) is 3.82. The Labute approximate surface area is 147 Å². The second-order valence-electron chi connectivity index (χ2n) is 6.92. The lowest BCUT2D eigenvalue weighted by molar-refractivity contribution is 0.396. The van der Waals surface area contributed by atoms with Gasteiger partial charge in [0.15, 0.2) is 5.82 Å². The third kappa shape index (κ3) is 3.61. The van der Waals surface area contributed by atoms with Gasteiger partial charge in [0.2, 0.25) is 0 Å². The van der Waals surface area contributed by atoms with Crippen LogP contribution in [0.1, 0.15) is 32.3 Å². The number of hydrogen-bond acceptors (Lipinski definition) is 4. The average molecular weight is 359 g/mol. The van der Waals surface area contributed by atoms with Crippen molar-refractivity contribution in [1.29, 1.82) is 0 Å². The van der Waals surface area contributed by atoms with E-state index in [1.54, 1.807) is 24.3 Å². The van der Waals surface area contributed by atoms with Crippen LogP contribution in [0, 0.1) is 6.92 Å². The van der Waals surface area contributed by atoms with Gasteiger partial charge in [0.1, 0.15) is 11.5 Å². The predicted molar refractivity (Wildman–Crippen MR) is 97.0 cm³/mol. The van der Waals surface area contributed by atoms with Gasteiger partial charge in [-0.1, -0.05) is 39.0 Å². The minimum absolute atomic E-state index is 0.110. The molecule has 0 amide bonds. The molecule has 2 heterocycles. The van der Waals surface area contributed by atoms with E-state index in [-0.39, 0.29) is 16.1 Å². The van der Waals surface area contributed by atoms with Crippen molar-refractivity contribution in [3.8, 4) is 11.3 Å². The molecule has 3 aromatic rings. The summed E-state index contributed by atoms with van der Waals surface area (Å²) in [5, 5.41) is 6.92. The molecule has 7 heteroatoms. The Kier molecular flexibility index (Phi) is 4.20. The van der Waals surface area contributed by atoms with Crippen molar-refractivity contribution in [2.75, 3.05) is 4.72 Å². The van der Waals surface area contributed by atoms with Crippen molar-refractivity contribution in [3.05, 3.63) is 54.0 Å². The molecule has 0 fully saturated rings. The summed E-state index contributed by atoms with van der Waals surface area (Å²) in [5.41, 5.74) is 1.45. The Morgan fingerprint density at radius 2 is 1.80 bits per heavy atom. The van der Waals surface area contributed by atoms with E-state index in [9.17, 15) is 8.42 Å². The Balaban J connectivity index is 1.88. The lowest BCUT2D eigenvalue weighted by atomic mass is 9.93. The molecule has 0 aliphatic rings. The van der Waals surface area contributed by atoms with Crippen LogP contribution in [0.5, 0.6) is 0 Å². The summed E-state index contributed by atoms with van der Waals surface area (Å²) in [4.78, 5) is 0.189. The van der Waals surface area contributed by atoms with E-state index in [4.69, 9.17) is 4.42 Å². The number of benzene rings is 1. The van der Waals surface area contributed by atoms with Crippen molar-refractivity contribution >= 4 is 15.8 Å². The Morgan fingerprint density at radius 3 is 2.40 bits per heavy atom. The van der Waals surface area contributed by atoms with E-state index in [2.05, 4.69) is 35.7 Å². The van der Waals surface area contributed by atoms with Crippen LogP contribution in [0.25, 0.3) is 11.3 Å². The second kappa shape index (κ2) is 6.07. The third-order valence-corrected chi connectivity index (χ3v) is 5.19. The molecule has 2 aromatic heterocycles. The van der Waals surface area contributed by atoms with Gasteiger partial charge in [-0.05, 0) is 25.1 Å². The fourth-order valence-electron chi connectivity index (χ4n) is 2.43. The molecule has 0 aliphatic heterocycles. The summed E-state index contributed by atoms with van der Waals surface area (Å²) < 4.78 is 33.0. The molecule has 2 N–H and O–H groups in total. The molecule has 0 saturated heterocycles. The van der Waals surface area contributed by atoms with E-state index < -0.39 is 10.0 Å². The number of rotatable bonds is 4. The fourth-order valence-corrected chi connectivity index (χ4v) is 3.44. The van der Waals surface area contributed by atoms with Crippen molar-refractivity contribution in [2.45, 2.75) is 38.0 Å². The molecule has 0 unspecified atom stereocenters. The highest BCUT2D eigenvalue weighted by Crippen LogP contribution is 2.32. The molecule has 1 aromatic carbocycles. The molecule has 0 radical (unpaired) electrons. The minimum Gasteiger partial charge on any atom is -0.465 e. The highest BCUT2D eigenvalue weighted by atomic mass is 32.2. The first-order valence-corrected chi connectivity index (χ1v) is 9.40. The van der Waals surface area contributed by atoms with Crippen molar-refractivity contribution < 1.29 is 12.8 Å². The molecule has 6 nitrogen and oxygen atoms in total. The zero-order chi connectivity index (χ0) is 18.2. The standard InChI is InChI=1S/C18H21N3O3S/c1-12-14(10-16(24-12)18(2,3)4)15-11-17(20-19-15)21-25(22,23)13-8-6-5-7-9-13/h5-11H,1-4H3,(H2,19,20,21). The minimum atomic E-state index is -3.67. The first-order valence-electron chi connectivity index (χ1n) is 7.91. The maximum absolute atomic E-state index is 12.4.